The van der Waals surface area contributed by atoms with Crippen LogP contribution in [0.25, 0.3) is 121 Å². The van der Waals surface area contributed by atoms with E-state index in [2.05, 4.69) is 217 Å². The molecular formula is C59H38N4. The minimum Gasteiger partial charge on any atom is -0.309 e. The molecule has 0 N–H and O–H groups in total. The van der Waals surface area contributed by atoms with Gasteiger partial charge in [0.25, 0.3) is 0 Å². The molecule has 0 atom stereocenters. The minimum absolute atomic E-state index is 0.356. The van der Waals surface area contributed by atoms with Crippen molar-refractivity contribution >= 4 is 86.7 Å². The average molecular weight is 803 g/mol. The van der Waals surface area contributed by atoms with E-state index in [-0.39, 0.29) is 5.41 Å². The van der Waals surface area contributed by atoms with Crippen LogP contribution in [-0.4, -0.2) is 19.1 Å². The lowest BCUT2D eigenvalue weighted by Crippen LogP contribution is -2.18. The molecule has 0 amide bonds. The van der Waals surface area contributed by atoms with Crippen LogP contribution >= 0.6 is 0 Å². The SMILES string of the molecule is CC1(C)c2ccccc2-c2nc(-n3c4ccc5ccccc5c4c4c5c6ccccc6c6ccccc6c5ccc43)c(-c3cccc4c3c3ccccc3n4-c3ccccc3)nc21. The van der Waals surface area contributed by atoms with Crippen molar-refractivity contribution in [1.82, 2.24) is 19.1 Å². The summed E-state index contributed by atoms with van der Waals surface area (Å²) in [4.78, 5) is 11.8. The zero-order chi connectivity index (χ0) is 41.6. The molecule has 0 radical (unpaired) electrons. The molecule has 0 spiro atoms. The maximum atomic E-state index is 5.93. The van der Waals surface area contributed by atoms with Gasteiger partial charge in [0.1, 0.15) is 5.69 Å². The molecule has 14 rings (SSSR count). The second kappa shape index (κ2) is 12.5. The molecule has 0 saturated heterocycles. The highest BCUT2D eigenvalue weighted by molar-refractivity contribution is 6.38. The molecule has 10 aromatic carbocycles. The van der Waals surface area contributed by atoms with Gasteiger partial charge in [0.15, 0.2) is 5.82 Å². The highest BCUT2D eigenvalue weighted by Gasteiger charge is 2.40. The van der Waals surface area contributed by atoms with Gasteiger partial charge in [-0.15, -0.1) is 0 Å². The van der Waals surface area contributed by atoms with Gasteiger partial charge in [-0.05, 0) is 79.7 Å². The second-order valence-corrected chi connectivity index (χ2v) is 17.6. The van der Waals surface area contributed by atoms with Crippen LogP contribution in [-0.2, 0) is 5.41 Å². The van der Waals surface area contributed by atoms with Crippen LogP contribution in [0.15, 0.2) is 194 Å². The lowest BCUT2D eigenvalue weighted by Gasteiger charge is -2.22. The molecule has 4 heteroatoms. The van der Waals surface area contributed by atoms with Crippen LogP contribution in [0.1, 0.15) is 25.1 Å². The second-order valence-electron chi connectivity index (χ2n) is 17.6. The van der Waals surface area contributed by atoms with Gasteiger partial charge in [0.2, 0.25) is 0 Å². The minimum atomic E-state index is -0.356. The zero-order valence-electron chi connectivity index (χ0n) is 34.8. The molecule has 3 heterocycles. The van der Waals surface area contributed by atoms with E-state index in [9.17, 15) is 0 Å². The Labute approximate surface area is 362 Å². The van der Waals surface area contributed by atoms with Gasteiger partial charge >= 0.3 is 0 Å². The predicted molar refractivity (Wildman–Crippen MR) is 264 cm³/mol. The topological polar surface area (TPSA) is 35.6 Å². The summed E-state index contributed by atoms with van der Waals surface area (Å²) in [5, 5.41) is 14.8. The molecule has 294 valence electrons. The van der Waals surface area contributed by atoms with Crippen LogP contribution < -0.4 is 0 Å². The van der Waals surface area contributed by atoms with E-state index in [4.69, 9.17) is 9.97 Å². The fraction of sp³-hybridized carbons (Fsp3) is 0.0508. The molecule has 0 fully saturated rings. The number of hydrogen-bond donors (Lipinski definition) is 0. The Morgan fingerprint density at radius 2 is 0.921 bits per heavy atom. The van der Waals surface area contributed by atoms with Gasteiger partial charge in [0.05, 0.1) is 33.5 Å². The highest BCUT2D eigenvalue weighted by Crippen LogP contribution is 2.51. The van der Waals surface area contributed by atoms with E-state index < -0.39 is 0 Å². The number of fused-ring (bicyclic) bond motifs is 18. The molecule has 0 unspecified atom stereocenters. The van der Waals surface area contributed by atoms with Crippen molar-refractivity contribution in [1.29, 1.82) is 0 Å². The lowest BCUT2D eigenvalue weighted by molar-refractivity contribution is 0.635. The molecule has 0 saturated carbocycles. The van der Waals surface area contributed by atoms with Gasteiger partial charge in [-0.2, -0.15) is 0 Å². The summed E-state index contributed by atoms with van der Waals surface area (Å²) in [6.07, 6.45) is 0. The van der Waals surface area contributed by atoms with E-state index in [0.29, 0.717) is 0 Å². The van der Waals surface area contributed by atoms with Gasteiger partial charge in [-0.3, -0.25) is 4.57 Å². The Bertz CT molecular complexity index is 4080. The Morgan fingerprint density at radius 1 is 0.349 bits per heavy atom. The summed E-state index contributed by atoms with van der Waals surface area (Å²) in [6, 6.07) is 70.9. The third-order valence-electron chi connectivity index (χ3n) is 14.0. The van der Waals surface area contributed by atoms with E-state index in [1.807, 2.05) is 0 Å². The van der Waals surface area contributed by atoms with E-state index in [1.165, 1.54) is 64.8 Å². The highest BCUT2D eigenvalue weighted by atomic mass is 15.1. The van der Waals surface area contributed by atoms with Crippen molar-refractivity contribution in [3.63, 3.8) is 0 Å². The third-order valence-corrected chi connectivity index (χ3v) is 14.0. The zero-order valence-corrected chi connectivity index (χ0v) is 34.8. The van der Waals surface area contributed by atoms with Gasteiger partial charge in [-0.1, -0.05) is 172 Å². The van der Waals surface area contributed by atoms with Gasteiger partial charge < -0.3 is 4.57 Å². The summed E-state index contributed by atoms with van der Waals surface area (Å²) in [5.41, 5.74) is 11.5. The number of para-hydroxylation sites is 2. The first-order valence-corrected chi connectivity index (χ1v) is 21.8. The quantitative estimate of drug-likeness (QED) is 0.167. The first-order chi connectivity index (χ1) is 31.1. The lowest BCUT2D eigenvalue weighted by atomic mass is 9.85. The van der Waals surface area contributed by atoms with E-state index in [0.717, 1.165) is 67.2 Å². The van der Waals surface area contributed by atoms with Crippen molar-refractivity contribution in [2.24, 2.45) is 0 Å². The molecule has 1 aliphatic carbocycles. The first-order valence-electron chi connectivity index (χ1n) is 21.8. The largest absolute Gasteiger partial charge is 0.309 e. The average Bonchev–Trinajstić information content (AvgIpc) is 3.94. The maximum Gasteiger partial charge on any atom is 0.165 e. The normalized spacial score (nSPS) is 13.4. The summed E-state index contributed by atoms with van der Waals surface area (Å²) < 4.78 is 4.83. The smallest absolute Gasteiger partial charge is 0.165 e. The number of benzene rings is 10. The van der Waals surface area contributed by atoms with Crippen LogP contribution in [0.5, 0.6) is 0 Å². The molecule has 63 heavy (non-hydrogen) atoms. The Morgan fingerprint density at radius 3 is 1.73 bits per heavy atom. The van der Waals surface area contributed by atoms with Crippen molar-refractivity contribution in [2.75, 3.05) is 0 Å². The number of hydrogen-bond acceptors (Lipinski definition) is 2. The molecule has 3 aromatic heterocycles. The van der Waals surface area contributed by atoms with Gasteiger partial charge in [0, 0.05) is 49.2 Å². The first kappa shape index (κ1) is 34.6. The number of nitrogens with zero attached hydrogens (tertiary/aromatic N) is 4. The summed E-state index contributed by atoms with van der Waals surface area (Å²) in [6.45, 7) is 4.59. The Kier molecular flexibility index (Phi) is 6.87. The summed E-state index contributed by atoms with van der Waals surface area (Å²) >= 11 is 0. The van der Waals surface area contributed by atoms with Gasteiger partial charge in [-0.25, -0.2) is 9.97 Å². The molecule has 1 aliphatic rings. The molecule has 13 aromatic rings. The van der Waals surface area contributed by atoms with E-state index in [1.54, 1.807) is 0 Å². The fourth-order valence-electron chi connectivity index (χ4n) is 11.3. The van der Waals surface area contributed by atoms with E-state index >= 15 is 0 Å². The van der Waals surface area contributed by atoms with Crippen LogP contribution in [0.3, 0.4) is 0 Å². The molecule has 0 aliphatic heterocycles. The summed E-state index contributed by atoms with van der Waals surface area (Å²) in [7, 11) is 0. The third kappa shape index (κ3) is 4.54. The van der Waals surface area contributed by atoms with Crippen molar-refractivity contribution < 1.29 is 0 Å². The monoisotopic (exact) mass is 802 g/mol. The Balaban J connectivity index is 1.20. The predicted octanol–water partition coefficient (Wildman–Crippen LogP) is 15.3. The van der Waals surface area contributed by atoms with Crippen LogP contribution in [0.2, 0.25) is 0 Å². The standard InChI is InChI=1S/C59H38N4/c1-59(2)46-28-14-12-25-43(46)55-57(59)60-56(45-27-16-30-48-51(45)44-26-13-15-29-47(44)62(48)36-18-4-3-5-19-36)58(61-55)63-49-33-31-35-17-6-7-20-37(35)53(49)54-50(63)34-32-42-40-23-9-8-21-38(40)39-22-10-11-24-41(39)52(42)54/h3-34H,1-2H3. The summed E-state index contributed by atoms with van der Waals surface area (Å²) in [5.74, 6) is 0.824. The maximum absolute atomic E-state index is 5.93. The Hall–Kier alpha value is -8.08. The number of aromatic nitrogens is 4. The number of rotatable bonds is 3. The van der Waals surface area contributed by atoms with Crippen molar-refractivity contribution in [3.05, 3.63) is 205 Å². The van der Waals surface area contributed by atoms with Crippen LogP contribution in [0.4, 0.5) is 0 Å². The molecule has 0 bridgehead atoms. The van der Waals surface area contributed by atoms with Crippen molar-refractivity contribution in [2.45, 2.75) is 19.3 Å². The molecular weight excluding hydrogens is 765 g/mol. The fourth-order valence-corrected chi connectivity index (χ4v) is 11.3. The molecule has 4 nitrogen and oxygen atoms in total. The van der Waals surface area contributed by atoms with Crippen molar-refractivity contribution in [3.8, 4) is 34.0 Å². The van der Waals surface area contributed by atoms with Crippen LogP contribution in [0, 0.1) is 0 Å².